The topological polar surface area (TPSA) is 47.7 Å². The van der Waals surface area contributed by atoms with Crippen LogP contribution in [0.4, 0.5) is 0 Å². The van der Waals surface area contributed by atoms with Crippen molar-refractivity contribution >= 4 is 0 Å². The maximum absolute atomic E-state index is 6.28. The van der Waals surface area contributed by atoms with Crippen molar-refractivity contribution < 1.29 is 9.47 Å². The molecule has 0 heterocycles. The lowest BCUT2D eigenvalue weighted by Crippen LogP contribution is -2.50. The third-order valence-electron chi connectivity index (χ3n) is 5.63. The number of nitrogens with zero attached hydrogens (tertiary/aromatic N) is 1. The van der Waals surface area contributed by atoms with Gasteiger partial charge in [0.15, 0.2) is 0 Å². The lowest BCUT2D eigenvalue weighted by Gasteiger charge is -2.48. The molecule has 0 saturated heterocycles. The van der Waals surface area contributed by atoms with E-state index >= 15 is 0 Å². The van der Waals surface area contributed by atoms with Crippen LogP contribution in [0.15, 0.2) is 0 Å². The van der Waals surface area contributed by atoms with Gasteiger partial charge in [-0.05, 0) is 36.5 Å². The fourth-order valence-electron chi connectivity index (χ4n) is 3.52. The summed E-state index contributed by atoms with van der Waals surface area (Å²) in [6.07, 6.45) is 3.49. The van der Waals surface area contributed by atoms with Crippen molar-refractivity contribution in [3.63, 3.8) is 0 Å². The molecule has 0 aliphatic heterocycles. The van der Waals surface area contributed by atoms with Gasteiger partial charge in [0.25, 0.3) is 0 Å². The molecule has 2 N–H and O–H groups in total. The van der Waals surface area contributed by atoms with E-state index in [2.05, 4.69) is 25.7 Å². The van der Waals surface area contributed by atoms with E-state index in [1.807, 2.05) is 0 Å². The summed E-state index contributed by atoms with van der Waals surface area (Å²) < 4.78 is 10.4. The van der Waals surface area contributed by atoms with E-state index in [-0.39, 0.29) is 0 Å². The average Bonchev–Trinajstić information content (AvgIpc) is 2.45. The summed E-state index contributed by atoms with van der Waals surface area (Å²) >= 11 is 0. The van der Waals surface area contributed by atoms with Crippen molar-refractivity contribution in [3.05, 3.63) is 0 Å². The zero-order valence-corrected chi connectivity index (χ0v) is 14.7. The number of nitrogens with two attached hydrogens (primary N) is 1. The first-order valence-electron chi connectivity index (χ1n) is 8.39. The zero-order chi connectivity index (χ0) is 15.9. The molecule has 0 radical (unpaired) electrons. The molecular formula is C17H36N2O2. The smallest absolute Gasteiger partial charge is 0.0589 e. The van der Waals surface area contributed by atoms with Gasteiger partial charge in [0, 0.05) is 46.5 Å². The van der Waals surface area contributed by atoms with Gasteiger partial charge in [0.05, 0.1) is 6.61 Å². The average molecular weight is 300 g/mol. The van der Waals surface area contributed by atoms with Crippen LogP contribution in [0.5, 0.6) is 0 Å². The van der Waals surface area contributed by atoms with E-state index in [1.54, 1.807) is 14.2 Å². The van der Waals surface area contributed by atoms with Crippen LogP contribution < -0.4 is 5.73 Å². The molecule has 4 nitrogen and oxygen atoms in total. The first kappa shape index (κ1) is 18.9. The molecule has 0 amide bonds. The summed E-state index contributed by atoms with van der Waals surface area (Å²) in [6, 6.07) is 0.358. The highest BCUT2D eigenvalue weighted by atomic mass is 16.5. The van der Waals surface area contributed by atoms with Crippen molar-refractivity contribution in [1.29, 1.82) is 0 Å². The Morgan fingerprint density at radius 2 is 1.76 bits per heavy atom. The molecule has 3 atom stereocenters. The highest BCUT2D eigenvalue weighted by Crippen LogP contribution is 2.44. The zero-order valence-electron chi connectivity index (χ0n) is 14.7. The molecule has 126 valence electrons. The SMILES string of the molecule is COCCCN(CCOC)CC1CCC(N)C(C)C1(C)C. The van der Waals surface area contributed by atoms with Gasteiger partial charge in [-0.2, -0.15) is 0 Å². The molecule has 0 spiro atoms. The molecule has 21 heavy (non-hydrogen) atoms. The minimum Gasteiger partial charge on any atom is -0.385 e. The van der Waals surface area contributed by atoms with Gasteiger partial charge in [-0.1, -0.05) is 20.8 Å². The van der Waals surface area contributed by atoms with Crippen LogP contribution in [-0.4, -0.2) is 58.0 Å². The Labute approximate surface area is 131 Å². The molecule has 0 aromatic heterocycles. The predicted octanol–water partition coefficient (Wildman–Crippen LogP) is 2.37. The van der Waals surface area contributed by atoms with Gasteiger partial charge in [0.1, 0.15) is 0 Å². The third-order valence-corrected chi connectivity index (χ3v) is 5.63. The molecule has 0 aromatic rings. The Morgan fingerprint density at radius 3 is 2.38 bits per heavy atom. The van der Waals surface area contributed by atoms with E-state index in [4.69, 9.17) is 15.2 Å². The Kier molecular flexibility index (Phi) is 8.17. The second-order valence-corrected chi connectivity index (χ2v) is 7.19. The number of methoxy groups -OCH3 is 2. The molecule has 4 heteroatoms. The predicted molar refractivity (Wildman–Crippen MR) is 88.5 cm³/mol. The number of ether oxygens (including phenoxy) is 2. The lowest BCUT2D eigenvalue weighted by atomic mass is 9.61. The molecule has 1 saturated carbocycles. The summed E-state index contributed by atoms with van der Waals surface area (Å²) in [5, 5.41) is 0. The Morgan fingerprint density at radius 1 is 1.10 bits per heavy atom. The van der Waals surface area contributed by atoms with Crippen LogP contribution in [0.25, 0.3) is 0 Å². The van der Waals surface area contributed by atoms with Crippen molar-refractivity contribution in [3.8, 4) is 0 Å². The van der Waals surface area contributed by atoms with E-state index in [0.29, 0.717) is 23.3 Å². The number of rotatable bonds is 9. The van der Waals surface area contributed by atoms with Gasteiger partial charge >= 0.3 is 0 Å². The van der Waals surface area contributed by atoms with Crippen LogP contribution in [0, 0.1) is 17.3 Å². The van der Waals surface area contributed by atoms with E-state index in [0.717, 1.165) is 45.7 Å². The lowest BCUT2D eigenvalue weighted by molar-refractivity contribution is 0.0213. The van der Waals surface area contributed by atoms with Crippen LogP contribution in [-0.2, 0) is 9.47 Å². The van der Waals surface area contributed by atoms with E-state index < -0.39 is 0 Å². The van der Waals surface area contributed by atoms with Gasteiger partial charge in [0.2, 0.25) is 0 Å². The standard InChI is InChI=1S/C17H36N2O2/c1-14-16(18)8-7-15(17(14,2)3)13-19(10-12-21-5)9-6-11-20-4/h14-16H,6-13,18H2,1-5H3. The van der Waals surface area contributed by atoms with E-state index in [9.17, 15) is 0 Å². The van der Waals surface area contributed by atoms with Crippen molar-refractivity contribution in [2.75, 3.05) is 47.1 Å². The van der Waals surface area contributed by atoms with Crippen molar-refractivity contribution in [1.82, 2.24) is 4.90 Å². The second-order valence-electron chi connectivity index (χ2n) is 7.19. The molecule has 0 aromatic carbocycles. The number of hydrogen-bond acceptors (Lipinski definition) is 4. The van der Waals surface area contributed by atoms with Crippen molar-refractivity contribution in [2.24, 2.45) is 23.0 Å². The molecule has 0 bridgehead atoms. The van der Waals surface area contributed by atoms with Gasteiger partial charge in [-0.3, -0.25) is 0 Å². The maximum Gasteiger partial charge on any atom is 0.0589 e. The molecule has 3 unspecified atom stereocenters. The molecule has 1 aliphatic carbocycles. The Balaban J connectivity index is 2.58. The molecular weight excluding hydrogens is 264 g/mol. The van der Waals surface area contributed by atoms with Crippen LogP contribution in [0.1, 0.15) is 40.0 Å². The van der Waals surface area contributed by atoms with Gasteiger partial charge in [-0.15, -0.1) is 0 Å². The Bertz CT molecular complexity index is 284. The van der Waals surface area contributed by atoms with E-state index in [1.165, 1.54) is 6.42 Å². The fraction of sp³-hybridized carbons (Fsp3) is 1.00. The molecule has 1 rings (SSSR count). The number of hydrogen-bond donors (Lipinski definition) is 1. The quantitative estimate of drug-likeness (QED) is 0.664. The third kappa shape index (κ3) is 5.51. The van der Waals surface area contributed by atoms with Gasteiger partial charge in [-0.25, -0.2) is 0 Å². The van der Waals surface area contributed by atoms with Crippen LogP contribution in [0.3, 0.4) is 0 Å². The largest absolute Gasteiger partial charge is 0.385 e. The molecule has 1 aliphatic rings. The summed E-state index contributed by atoms with van der Waals surface area (Å²) in [6.45, 7) is 12.0. The minimum absolute atomic E-state index is 0.310. The first-order valence-corrected chi connectivity index (χ1v) is 8.39. The molecule has 1 fully saturated rings. The van der Waals surface area contributed by atoms with Crippen molar-refractivity contribution in [2.45, 2.75) is 46.1 Å². The highest BCUT2D eigenvalue weighted by Gasteiger charge is 2.41. The summed E-state index contributed by atoms with van der Waals surface area (Å²) in [5.74, 6) is 1.30. The summed E-state index contributed by atoms with van der Waals surface area (Å²) in [4.78, 5) is 2.54. The Hall–Kier alpha value is -0.160. The highest BCUT2D eigenvalue weighted by molar-refractivity contribution is 4.94. The normalized spacial score (nSPS) is 29.0. The monoisotopic (exact) mass is 300 g/mol. The second kappa shape index (κ2) is 9.09. The maximum atomic E-state index is 6.28. The minimum atomic E-state index is 0.310. The fourth-order valence-corrected chi connectivity index (χ4v) is 3.52. The summed E-state index contributed by atoms with van der Waals surface area (Å²) in [5.41, 5.74) is 6.58. The first-order chi connectivity index (χ1) is 9.93. The van der Waals surface area contributed by atoms with Crippen LogP contribution >= 0.6 is 0 Å². The summed E-state index contributed by atoms with van der Waals surface area (Å²) in [7, 11) is 3.55. The van der Waals surface area contributed by atoms with Crippen LogP contribution in [0.2, 0.25) is 0 Å². The van der Waals surface area contributed by atoms with Gasteiger partial charge < -0.3 is 20.1 Å².